The van der Waals surface area contributed by atoms with Crippen molar-refractivity contribution in [3.05, 3.63) is 59.2 Å². The second kappa shape index (κ2) is 7.09. The molecule has 0 bridgehead atoms. The van der Waals surface area contributed by atoms with Gasteiger partial charge in [0.2, 0.25) is 5.90 Å². The van der Waals surface area contributed by atoms with E-state index in [4.69, 9.17) is 4.74 Å². The van der Waals surface area contributed by atoms with E-state index < -0.39 is 0 Å². The van der Waals surface area contributed by atoms with Crippen molar-refractivity contribution in [2.75, 3.05) is 20.6 Å². The minimum Gasteiger partial charge on any atom is -0.423 e. The maximum Gasteiger partial charge on any atom is 0.224 e. The minimum absolute atomic E-state index is 0.335. The molecule has 0 aliphatic carbocycles. The SMILES string of the molecule is C=CCN=C(OC(=C)N(C)C)c1ccc(F)c(Br)c1. The molecule has 0 fully saturated rings. The van der Waals surface area contributed by atoms with Gasteiger partial charge in [-0.2, -0.15) is 0 Å². The molecule has 1 aromatic carbocycles. The first-order chi connectivity index (χ1) is 8.95. The number of aliphatic imine (C=N–C) groups is 1. The summed E-state index contributed by atoms with van der Waals surface area (Å²) in [7, 11) is 3.63. The van der Waals surface area contributed by atoms with E-state index >= 15 is 0 Å². The molecule has 1 rings (SSSR count). The lowest BCUT2D eigenvalue weighted by molar-refractivity contribution is 0.274. The predicted molar refractivity (Wildman–Crippen MR) is 79.6 cm³/mol. The number of hydrogen-bond acceptors (Lipinski definition) is 3. The van der Waals surface area contributed by atoms with Crippen molar-refractivity contribution in [2.45, 2.75) is 0 Å². The molecule has 0 aromatic heterocycles. The summed E-state index contributed by atoms with van der Waals surface area (Å²) in [5, 5.41) is 0. The normalized spacial score (nSPS) is 11.1. The third-order valence-electron chi connectivity index (χ3n) is 2.24. The van der Waals surface area contributed by atoms with Gasteiger partial charge in [0, 0.05) is 19.7 Å². The Morgan fingerprint density at radius 1 is 1.53 bits per heavy atom. The summed E-state index contributed by atoms with van der Waals surface area (Å²) in [5.74, 6) is 0.487. The van der Waals surface area contributed by atoms with E-state index in [1.807, 2.05) is 14.1 Å². The number of halogens is 2. The van der Waals surface area contributed by atoms with Crippen LogP contribution in [-0.4, -0.2) is 31.4 Å². The van der Waals surface area contributed by atoms with E-state index in [0.29, 0.717) is 28.4 Å². The van der Waals surface area contributed by atoms with Crippen LogP contribution in [0.5, 0.6) is 0 Å². The average molecular weight is 327 g/mol. The summed E-state index contributed by atoms with van der Waals surface area (Å²) in [6.45, 7) is 7.79. The van der Waals surface area contributed by atoms with Crippen molar-refractivity contribution < 1.29 is 9.13 Å². The third kappa shape index (κ3) is 4.52. The Labute approximate surface area is 121 Å². The van der Waals surface area contributed by atoms with Crippen molar-refractivity contribution >= 4 is 21.8 Å². The molecule has 0 saturated carbocycles. The first kappa shape index (κ1) is 15.4. The Hall–Kier alpha value is -1.62. The summed E-state index contributed by atoms with van der Waals surface area (Å²) in [5.41, 5.74) is 0.665. The van der Waals surface area contributed by atoms with Gasteiger partial charge in [-0.05, 0) is 40.7 Å². The quantitative estimate of drug-likeness (QED) is 0.357. The van der Waals surface area contributed by atoms with Gasteiger partial charge in [0.05, 0.1) is 11.0 Å². The zero-order chi connectivity index (χ0) is 14.4. The fourth-order valence-corrected chi connectivity index (χ4v) is 1.54. The molecule has 0 amide bonds. The molecule has 102 valence electrons. The van der Waals surface area contributed by atoms with Crippen molar-refractivity contribution in [1.29, 1.82) is 0 Å². The van der Waals surface area contributed by atoms with Crippen LogP contribution < -0.4 is 0 Å². The molecule has 0 aliphatic heterocycles. The summed E-state index contributed by atoms with van der Waals surface area (Å²) < 4.78 is 19.2. The van der Waals surface area contributed by atoms with E-state index in [1.165, 1.54) is 6.07 Å². The maximum absolute atomic E-state index is 13.2. The molecular formula is C14H16BrFN2O. The summed E-state index contributed by atoms with van der Waals surface area (Å²) in [6, 6.07) is 4.57. The largest absolute Gasteiger partial charge is 0.423 e. The Balaban J connectivity index is 3.06. The molecule has 0 radical (unpaired) electrons. The lowest BCUT2D eigenvalue weighted by Crippen LogP contribution is -2.17. The van der Waals surface area contributed by atoms with E-state index in [0.717, 1.165) is 0 Å². The lowest BCUT2D eigenvalue weighted by Gasteiger charge is -2.17. The van der Waals surface area contributed by atoms with Crippen LogP contribution in [0.25, 0.3) is 0 Å². The van der Waals surface area contributed by atoms with Crippen LogP contribution in [0.2, 0.25) is 0 Å². The molecular weight excluding hydrogens is 311 g/mol. The van der Waals surface area contributed by atoms with Crippen molar-refractivity contribution in [3.63, 3.8) is 0 Å². The van der Waals surface area contributed by atoms with Gasteiger partial charge in [0.1, 0.15) is 5.82 Å². The van der Waals surface area contributed by atoms with Gasteiger partial charge >= 0.3 is 0 Å². The van der Waals surface area contributed by atoms with E-state index in [9.17, 15) is 4.39 Å². The van der Waals surface area contributed by atoms with Crippen LogP contribution in [0.15, 0.2) is 52.8 Å². The number of hydrogen-bond donors (Lipinski definition) is 0. The van der Waals surface area contributed by atoms with Crippen molar-refractivity contribution in [3.8, 4) is 0 Å². The molecule has 0 spiro atoms. The van der Waals surface area contributed by atoms with E-state index in [-0.39, 0.29) is 5.82 Å². The Morgan fingerprint density at radius 3 is 2.74 bits per heavy atom. The zero-order valence-electron chi connectivity index (χ0n) is 11.0. The molecule has 0 atom stereocenters. The fraction of sp³-hybridized carbons (Fsp3) is 0.214. The van der Waals surface area contributed by atoms with Gasteiger partial charge in [-0.15, -0.1) is 6.58 Å². The number of nitrogens with zero attached hydrogens (tertiary/aromatic N) is 2. The standard InChI is InChI=1S/C14H16BrFN2O/c1-5-8-17-14(19-10(2)18(3)4)11-6-7-13(16)12(15)9-11/h5-7,9H,1-2,8H2,3-4H3. The summed E-state index contributed by atoms with van der Waals surface area (Å²) in [4.78, 5) is 5.98. The summed E-state index contributed by atoms with van der Waals surface area (Å²) in [6.07, 6.45) is 1.65. The molecule has 3 nitrogen and oxygen atoms in total. The highest BCUT2D eigenvalue weighted by Gasteiger charge is 2.10. The highest BCUT2D eigenvalue weighted by atomic mass is 79.9. The molecule has 0 aliphatic rings. The zero-order valence-corrected chi connectivity index (χ0v) is 12.6. The van der Waals surface area contributed by atoms with Gasteiger partial charge < -0.3 is 9.64 Å². The van der Waals surface area contributed by atoms with Gasteiger partial charge in [0.25, 0.3) is 0 Å². The minimum atomic E-state index is -0.335. The van der Waals surface area contributed by atoms with Crippen molar-refractivity contribution in [2.24, 2.45) is 4.99 Å². The van der Waals surface area contributed by atoms with Crippen LogP contribution in [0, 0.1) is 5.82 Å². The number of benzene rings is 1. The second-order valence-electron chi connectivity index (χ2n) is 3.95. The van der Waals surface area contributed by atoms with Crippen LogP contribution in [0.3, 0.4) is 0 Å². The summed E-state index contributed by atoms with van der Waals surface area (Å²) >= 11 is 3.14. The smallest absolute Gasteiger partial charge is 0.224 e. The molecule has 19 heavy (non-hydrogen) atoms. The Kier molecular flexibility index (Phi) is 5.76. The number of ether oxygens (including phenoxy) is 1. The molecule has 0 saturated heterocycles. The van der Waals surface area contributed by atoms with Crippen LogP contribution in [-0.2, 0) is 4.74 Å². The molecule has 0 heterocycles. The molecule has 0 unspecified atom stereocenters. The molecule has 0 N–H and O–H groups in total. The first-order valence-corrected chi connectivity index (χ1v) is 6.40. The highest BCUT2D eigenvalue weighted by molar-refractivity contribution is 9.10. The highest BCUT2D eigenvalue weighted by Crippen LogP contribution is 2.18. The number of rotatable bonds is 5. The maximum atomic E-state index is 13.2. The van der Waals surface area contributed by atoms with Gasteiger partial charge in [-0.1, -0.05) is 6.08 Å². The van der Waals surface area contributed by atoms with Crippen LogP contribution in [0.1, 0.15) is 5.56 Å². The third-order valence-corrected chi connectivity index (χ3v) is 2.85. The Morgan fingerprint density at radius 2 is 2.21 bits per heavy atom. The average Bonchev–Trinajstić information content (AvgIpc) is 2.37. The van der Waals surface area contributed by atoms with Gasteiger partial charge in [-0.3, -0.25) is 0 Å². The monoisotopic (exact) mass is 326 g/mol. The predicted octanol–water partition coefficient (Wildman–Crippen LogP) is 3.57. The molecule has 1 aromatic rings. The van der Waals surface area contributed by atoms with E-state index in [2.05, 4.69) is 34.1 Å². The van der Waals surface area contributed by atoms with Crippen LogP contribution >= 0.6 is 15.9 Å². The van der Waals surface area contributed by atoms with Gasteiger partial charge in [-0.25, -0.2) is 9.38 Å². The Bertz CT molecular complexity index is 512. The molecule has 5 heteroatoms. The van der Waals surface area contributed by atoms with Crippen LogP contribution in [0.4, 0.5) is 4.39 Å². The lowest BCUT2D eigenvalue weighted by atomic mass is 10.2. The van der Waals surface area contributed by atoms with Crippen molar-refractivity contribution in [1.82, 2.24) is 4.90 Å². The van der Waals surface area contributed by atoms with Gasteiger partial charge in [0.15, 0.2) is 5.88 Å². The van der Waals surface area contributed by atoms with E-state index in [1.54, 1.807) is 23.1 Å². The topological polar surface area (TPSA) is 24.8 Å². The first-order valence-electron chi connectivity index (χ1n) is 5.60. The fourth-order valence-electron chi connectivity index (χ4n) is 1.16. The second-order valence-corrected chi connectivity index (χ2v) is 4.81.